The minimum absolute atomic E-state index is 0.294. The Balaban J connectivity index is 2.00. The lowest BCUT2D eigenvalue weighted by atomic mass is 9.80. The Morgan fingerprint density at radius 2 is 1.61 bits per heavy atom. The first kappa shape index (κ1) is 18.2. The van der Waals surface area contributed by atoms with Crippen molar-refractivity contribution in [1.82, 2.24) is 4.57 Å². The molecule has 0 radical (unpaired) electrons. The van der Waals surface area contributed by atoms with Crippen LogP contribution in [0.25, 0.3) is 0 Å². The number of hydrogen-bond donors (Lipinski definition) is 0. The van der Waals surface area contributed by atoms with Gasteiger partial charge in [0.1, 0.15) is 0 Å². The van der Waals surface area contributed by atoms with Gasteiger partial charge in [-0.3, -0.25) is 0 Å². The summed E-state index contributed by atoms with van der Waals surface area (Å²) in [5.41, 5.74) is 4.45. The number of cyclic esters (lactones) is 1. The molecule has 0 spiro atoms. The lowest BCUT2D eigenvalue weighted by Crippen LogP contribution is -2.29. The van der Waals surface area contributed by atoms with Gasteiger partial charge in [0.15, 0.2) is 5.60 Å². The van der Waals surface area contributed by atoms with Crippen LogP contribution >= 0.6 is 0 Å². The van der Waals surface area contributed by atoms with Crippen LogP contribution in [0.5, 0.6) is 0 Å². The number of ether oxygens (including phenoxy) is 1. The molecule has 0 saturated heterocycles. The normalized spacial score (nSPS) is 18.0. The molecule has 28 heavy (non-hydrogen) atoms. The Morgan fingerprint density at radius 1 is 0.893 bits per heavy atom. The van der Waals surface area contributed by atoms with E-state index in [0.717, 1.165) is 28.1 Å². The van der Waals surface area contributed by atoms with Gasteiger partial charge in [0.2, 0.25) is 0 Å². The highest BCUT2D eigenvalue weighted by Gasteiger charge is 2.49. The second kappa shape index (κ2) is 6.44. The minimum atomic E-state index is -0.954. The zero-order valence-corrected chi connectivity index (χ0v) is 16.9. The van der Waals surface area contributed by atoms with E-state index in [-0.39, 0.29) is 5.97 Å². The largest absolute Gasteiger partial charge is 0.441 e. The van der Waals surface area contributed by atoms with Crippen LogP contribution in [0.15, 0.2) is 60.9 Å². The standard InChI is InChI=1S/C23H25N3O2/c1-24(2)18-8-6-7-16(13-18)23(17-11-12-26(5)15-17)21-10-9-19(25(3)4)14-20(21)22(27)28-23/h6-15H,1-5H3. The number of esters is 1. The van der Waals surface area contributed by atoms with Crippen LogP contribution < -0.4 is 9.80 Å². The van der Waals surface area contributed by atoms with Crippen molar-refractivity contribution in [2.75, 3.05) is 38.0 Å². The van der Waals surface area contributed by atoms with Gasteiger partial charge < -0.3 is 19.1 Å². The topological polar surface area (TPSA) is 37.7 Å². The maximum absolute atomic E-state index is 13.0. The fourth-order valence-electron chi connectivity index (χ4n) is 3.85. The summed E-state index contributed by atoms with van der Waals surface area (Å²) in [4.78, 5) is 17.0. The fourth-order valence-corrected chi connectivity index (χ4v) is 3.85. The summed E-state index contributed by atoms with van der Waals surface area (Å²) in [7, 11) is 9.92. The average Bonchev–Trinajstić information content (AvgIpc) is 3.24. The van der Waals surface area contributed by atoms with Gasteiger partial charge in [0, 0.05) is 75.7 Å². The van der Waals surface area contributed by atoms with Crippen molar-refractivity contribution in [3.63, 3.8) is 0 Å². The molecule has 1 atom stereocenters. The van der Waals surface area contributed by atoms with Crippen molar-refractivity contribution in [1.29, 1.82) is 0 Å². The molecule has 0 aliphatic carbocycles. The van der Waals surface area contributed by atoms with Crippen LogP contribution in [-0.2, 0) is 17.4 Å². The third-order valence-electron chi connectivity index (χ3n) is 5.37. The number of nitrogens with zero attached hydrogens (tertiary/aromatic N) is 3. The summed E-state index contributed by atoms with van der Waals surface area (Å²) < 4.78 is 8.16. The van der Waals surface area contributed by atoms with Gasteiger partial charge in [-0.15, -0.1) is 0 Å². The van der Waals surface area contributed by atoms with Crippen LogP contribution in [0, 0.1) is 0 Å². The molecule has 0 amide bonds. The van der Waals surface area contributed by atoms with Gasteiger partial charge >= 0.3 is 5.97 Å². The first-order valence-electron chi connectivity index (χ1n) is 9.28. The van der Waals surface area contributed by atoms with Crippen molar-refractivity contribution in [3.8, 4) is 0 Å². The van der Waals surface area contributed by atoms with Crippen molar-refractivity contribution in [3.05, 3.63) is 83.2 Å². The van der Waals surface area contributed by atoms with Crippen molar-refractivity contribution < 1.29 is 9.53 Å². The van der Waals surface area contributed by atoms with E-state index in [4.69, 9.17) is 4.74 Å². The smallest absolute Gasteiger partial charge is 0.340 e. The Labute approximate surface area is 165 Å². The second-order valence-corrected chi connectivity index (χ2v) is 7.71. The Hall–Kier alpha value is -3.21. The summed E-state index contributed by atoms with van der Waals surface area (Å²) in [5, 5.41) is 0. The molecular weight excluding hydrogens is 350 g/mol. The molecule has 2 heterocycles. The van der Waals surface area contributed by atoms with E-state index in [0.29, 0.717) is 5.56 Å². The molecule has 2 aromatic carbocycles. The Kier molecular flexibility index (Phi) is 4.18. The number of rotatable bonds is 4. The predicted molar refractivity (Wildman–Crippen MR) is 112 cm³/mol. The van der Waals surface area contributed by atoms with E-state index in [9.17, 15) is 4.79 Å². The van der Waals surface area contributed by atoms with Crippen molar-refractivity contribution >= 4 is 17.3 Å². The number of benzene rings is 2. The Bertz CT molecular complexity index is 1050. The highest BCUT2D eigenvalue weighted by Crippen LogP contribution is 2.48. The molecule has 1 aliphatic heterocycles. The quantitative estimate of drug-likeness (QED) is 0.653. The van der Waals surface area contributed by atoms with E-state index >= 15 is 0 Å². The molecule has 0 saturated carbocycles. The van der Waals surface area contributed by atoms with E-state index in [1.165, 1.54) is 0 Å². The summed E-state index contributed by atoms with van der Waals surface area (Å²) in [6, 6.07) is 16.2. The highest BCUT2D eigenvalue weighted by atomic mass is 16.6. The SMILES string of the molecule is CN(C)c1cccc(C2(c3ccn(C)c3)OC(=O)c3cc(N(C)C)ccc32)c1. The molecule has 1 aromatic heterocycles. The van der Waals surface area contributed by atoms with Crippen LogP contribution in [0.4, 0.5) is 11.4 Å². The molecule has 3 aromatic rings. The molecule has 4 rings (SSSR count). The number of carbonyl (C=O) groups is 1. The third-order valence-corrected chi connectivity index (χ3v) is 5.37. The zero-order valence-electron chi connectivity index (χ0n) is 16.9. The van der Waals surface area contributed by atoms with Gasteiger partial charge in [0.05, 0.1) is 5.56 Å². The van der Waals surface area contributed by atoms with Gasteiger partial charge in [-0.25, -0.2) is 4.79 Å². The van der Waals surface area contributed by atoms with Crippen LogP contribution in [-0.4, -0.2) is 38.7 Å². The van der Waals surface area contributed by atoms with Crippen molar-refractivity contribution in [2.24, 2.45) is 7.05 Å². The molecular formula is C23H25N3O2. The predicted octanol–water partition coefficient (Wildman–Crippen LogP) is 3.62. The molecule has 0 fully saturated rings. The molecule has 5 heteroatoms. The van der Waals surface area contributed by atoms with Crippen LogP contribution in [0.2, 0.25) is 0 Å². The van der Waals surface area contributed by atoms with Gasteiger partial charge in [-0.1, -0.05) is 18.2 Å². The Morgan fingerprint density at radius 3 is 2.25 bits per heavy atom. The van der Waals surface area contributed by atoms with E-state index in [2.05, 4.69) is 17.0 Å². The number of carbonyl (C=O) groups excluding carboxylic acids is 1. The summed E-state index contributed by atoms with van der Waals surface area (Å²) in [6.07, 6.45) is 4.00. The highest BCUT2D eigenvalue weighted by molar-refractivity contribution is 5.97. The average molecular weight is 375 g/mol. The first-order valence-corrected chi connectivity index (χ1v) is 9.28. The van der Waals surface area contributed by atoms with Gasteiger partial charge in [-0.2, -0.15) is 0 Å². The van der Waals surface area contributed by atoms with Gasteiger partial charge in [-0.05, 0) is 30.3 Å². The molecule has 0 N–H and O–H groups in total. The van der Waals surface area contributed by atoms with E-state index in [1.54, 1.807) is 0 Å². The maximum Gasteiger partial charge on any atom is 0.340 e. The monoisotopic (exact) mass is 375 g/mol. The lowest BCUT2D eigenvalue weighted by molar-refractivity contribution is 0.0251. The molecule has 5 nitrogen and oxygen atoms in total. The number of anilines is 2. The molecule has 0 bridgehead atoms. The van der Waals surface area contributed by atoms with E-state index < -0.39 is 5.60 Å². The number of aromatic nitrogens is 1. The number of hydrogen-bond acceptors (Lipinski definition) is 4. The lowest BCUT2D eigenvalue weighted by Gasteiger charge is -2.30. The summed E-state index contributed by atoms with van der Waals surface area (Å²) in [5.74, 6) is -0.294. The van der Waals surface area contributed by atoms with Gasteiger partial charge in [0.25, 0.3) is 0 Å². The van der Waals surface area contributed by atoms with Crippen molar-refractivity contribution in [2.45, 2.75) is 5.60 Å². The van der Waals surface area contributed by atoms with E-state index in [1.807, 2.05) is 93.5 Å². The van der Waals surface area contributed by atoms with Crippen LogP contribution in [0.3, 0.4) is 0 Å². The third kappa shape index (κ3) is 2.66. The number of aryl methyl sites for hydroxylation is 1. The first-order chi connectivity index (χ1) is 13.3. The van der Waals surface area contributed by atoms with Crippen LogP contribution in [0.1, 0.15) is 27.0 Å². The zero-order chi connectivity index (χ0) is 20.1. The number of fused-ring (bicyclic) bond motifs is 1. The second-order valence-electron chi connectivity index (χ2n) is 7.71. The maximum atomic E-state index is 13.0. The molecule has 1 aliphatic rings. The minimum Gasteiger partial charge on any atom is -0.441 e. The molecule has 144 valence electrons. The summed E-state index contributed by atoms with van der Waals surface area (Å²) in [6.45, 7) is 0. The fraction of sp³-hybridized carbons (Fsp3) is 0.261. The molecule has 1 unspecified atom stereocenters. The summed E-state index contributed by atoms with van der Waals surface area (Å²) >= 11 is 0.